The molecule has 9 heteroatoms. The fourth-order valence-corrected chi connectivity index (χ4v) is 2.40. The molecule has 0 bridgehead atoms. The Bertz CT molecular complexity index is 1200. The maximum atomic E-state index is 13.3. The molecule has 140 valence electrons. The van der Waals surface area contributed by atoms with Gasteiger partial charge in [0.1, 0.15) is 17.2 Å². The van der Waals surface area contributed by atoms with Crippen LogP contribution in [-0.4, -0.2) is 20.3 Å². The van der Waals surface area contributed by atoms with Gasteiger partial charge in [0.2, 0.25) is 5.82 Å². The van der Waals surface area contributed by atoms with E-state index in [9.17, 15) is 13.6 Å². The number of ether oxygens (including phenoxy) is 1. The zero-order valence-electron chi connectivity index (χ0n) is 14.4. The van der Waals surface area contributed by atoms with Crippen LogP contribution >= 0.6 is 0 Å². The summed E-state index contributed by atoms with van der Waals surface area (Å²) in [6, 6.07) is 11.5. The summed E-state index contributed by atoms with van der Waals surface area (Å²) in [6.07, 6.45) is 0. The second-order valence-corrected chi connectivity index (χ2v) is 5.89. The molecule has 2 aromatic carbocycles. The van der Waals surface area contributed by atoms with E-state index in [1.807, 2.05) is 0 Å². The van der Waals surface area contributed by atoms with Crippen LogP contribution < -0.4 is 10.3 Å². The molecule has 0 fully saturated rings. The number of nitrogens with zero attached hydrogens (tertiary/aromatic N) is 3. The molecule has 0 saturated heterocycles. The first-order valence-corrected chi connectivity index (χ1v) is 8.13. The number of halogens is 2. The van der Waals surface area contributed by atoms with Gasteiger partial charge in [-0.25, -0.2) is 13.9 Å². The average Bonchev–Trinajstić information content (AvgIpc) is 3.18. The van der Waals surface area contributed by atoms with E-state index in [0.717, 1.165) is 12.1 Å². The summed E-state index contributed by atoms with van der Waals surface area (Å²) < 4.78 is 36.9. The smallest absolute Gasteiger partial charge is 0.278 e. The van der Waals surface area contributed by atoms with Crippen molar-refractivity contribution in [1.82, 2.24) is 20.3 Å². The first-order valence-electron chi connectivity index (χ1n) is 8.13. The first-order chi connectivity index (χ1) is 13.5. The zero-order valence-corrected chi connectivity index (χ0v) is 14.4. The van der Waals surface area contributed by atoms with Crippen LogP contribution in [0, 0.1) is 18.6 Å². The molecule has 0 saturated carbocycles. The lowest BCUT2D eigenvalue weighted by atomic mass is 10.2. The van der Waals surface area contributed by atoms with Gasteiger partial charge in [-0.1, -0.05) is 5.16 Å². The molecule has 7 nitrogen and oxygen atoms in total. The first kappa shape index (κ1) is 17.5. The van der Waals surface area contributed by atoms with Crippen molar-refractivity contribution in [2.24, 2.45) is 0 Å². The largest absolute Gasteiger partial charge is 0.457 e. The standard InChI is InChI=1S/C19H12F2N4O3/c1-10-8-16(23-24-18(10)26)19-22-17(25-28-19)11-2-4-12(5-3-11)27-13-6-7-14(20)15(21)9-13/h2-9H,1H3,(H,24,26). The molecule has 1 N–H and O–H groups in total. The summed E-state index contributed by atoms with van der Waals surface area (Å²) in [5, 5.41) is 10.1. The summed E-state index contributed by atoms with van der Waals surface area (Å²) in [7, 11) is 0. The predicted octanol–water partition coefficient (Wildman–Crippen LogP) is 3.87. The molecule has 0 aliphatic rings. The molecule has 0 unspecified atom stereocenters. The molecule has 0 atom stereocenters. The van der Waals surface area contributed by atoms with Gasteiger partial charge < -0.3 is 9.26 Å². The van der Waals surface area contributed by atoms with Crippen LogP contribution in [-0.2, 0) is 0 Å². The van der Waals surface area contributed by atoms with Gasteiger partial charge in [-0.2, -0.15) is 10.1 Å². The highest BCUT2D eigenvalue weighted by atomic mass is 19.2. The van der Waals surface area contributed by atoms with Gasteiger partial charge in [-0.05, 0) is 49.4 Å². The minimum atomic E-state index is -0.987. The van der Waals surface area contributed by atoms with Gasteiger partial charge in [0.25, 0.3) is 11.4 Å². The van der Waals surface area contributed by atoms with Crippen molar-refractivity contribution < 1.29 is 18.0 Å². The number of hydrogen-bond acceptors (Lipinski definition) is 6. The van der Waals surface area contributed by atoms with Crippen molar-refractivity contribution >= 4 is 0 Å². The van der Waals surface area contributed by atoms with Crippen molar-refractivity contribution in [1.29, 1.82) is 0 Å². The molecule has 0 spiro atoms. The number of hydrogen-bond donors (Lipinski definition) is 1. The van der Waals surface area contributed by atoms with Crippen molar-refractivity contribution in [3.63, 3.8) is 0 Å². The number of rotatable bonds is 4. The minimum absolute atomic E-state index is 0.163. The van der Waals surface area contributed by atoms with Gasteiger partial charge >= 0.3 is 0 Å². The Morgan fingerprint density at radius 3 is 2.46 bits per heavy atom. The highest BCUT2D eigenvalue weighted by Gasteiger charge is 2.13. The summed E-state index contributed by atoms with van der Waals surface area (Å²) in [5.41, 5.74) is 1.19. The molecule has 4 aromatic rings. The van der Waals surface area contributed by atoms with Gasteiger partial charge in [0.05, 0.1) is 0 Å². The van der Waals surface area contributed by atoms with Gasteiger partial charge in [-0.3, -0.25) is 4.79 Å². The lowest BCUT2D eigenvalue weighted by Crippen LogP contribution is -2.11. The number of H-pyrrole nitrogens is 1. The lowest BCUT2D eigenvalue weighted by Gasteiger charge is -2.06. The molecule has 2 heterocycles. The van der Waals surface area contributed by atoms with Crippen molar-refractivity contribution in [3.05, 3.63) is 76.1 Å². The minimum Gasteiger partial charge on any atom is -0.457 e. The van der Waals surface area contributed by atoms with E-state index < -0.39 is 11.6 Å². The maximum Gasteiger partial charge on any atom is 0.278 e. The van der Waals surface area contributed by atoms with Crippen LogP contribution in [0.3, 0.4) is 0 Å². The van der Waals surface area contributed by atoms with Crippen LogP contribution in [0.2, 0.25) is 0 Å². The van der Waals surface area contributed by atoms with Crippen LogP contribution in [0.1, 0.15) is 5.56 Å². The van der Waals surface area contributed by atoms with E-state index in [1.54, 1.807) is 37.3 Å². The lowest BCUT2D eigenvalue weighted by molar-refractivity contribution is 0.430. The maximum absolute atomic E-state index is 13.3. The Kier molecular flexibility index (Phi) is 4.40. The number of aromatic amines is 1. The van der Waals surface area contributed by atoms with E-state index >= 15 is 0 Å². The SMILES string of the molecule is Cc1cc(-c2nc(-c3ccc(Oc4ccc(F)c(F)c4)cc3)no2)n[nH]c1=O. The number of benzene rings is 2. The van der Waals surface area contributed by atoms with Gasteiger partial charge in [-0.15, -0.1) is 0 Å². The topological polar surface area (TPSA) is 93.9 Å². The Morgan fingerprint density at radius 1 is 1.00 bits per heavy atom. The second kappa shape index (κ2) is 7.03. The molecule has 28 heavy (non-hydrogen) atoms. The molecule has 0 aliphatic carbocycles. The van der Waals surface area contributed by atoms with Crippen LogP contribution in [0.5, 0.6) is 11.5 Å². The molecule has 0 aliphatic heterocycles. The van der Waals surface area contributed by atoms with Crippen molar-refractivity contribution in [3.8, 4) is 34.5 Å². The van der Waals surface area contributed by atoms with E-state index in [1.165, 1.54) is 6.07 Å². The van der Waals surface area contributed by atoms with Crippen LogP contribution in [0.4, 0.5) is 8.78 Å². The normalized spacial score (nSPS) is 10.8. The third-order valence-electron chi connectivity index (χ3n) is 3.87. The third kappa shape index (κ3) is 3.50. The Labute approximate surface area is 156 Å². The predicted molar refractivity (Wildman–Crippen MR) is 94.8 cm³/mol. The molecule has 0 radical (unpaired) electrons. The van der Waals surface area contributed by atoms with Crippen molar-refractivity contribution in [2.45, 2.75) is 6.92 Å². The van der Waals surface area contributed by atoms with E-state index in [4.69, 9.17) is 9.26 Å². The summed E-state index contributed by atoms with van der Waals surface area (Å²) in [6.45, 7) is 1.65. The summed E-state index contributed by atoms with van der Waals surface area (Å²) >= 11 is 0. The van der Waals surface area contributed by atoms with E-state index in [-0.39, 0.29) is 17.2 Å². The molecule has 2 aromatic heterocycles. The Balaban J connectivity index is 1.54. The second-order valence-electron chi connectivity index (χ2n) is 5.89. The average molecular weight is 382 g/mol. The van der Waals surface area contributed by atoms with Gasteiger partial charge in [0.15, 0.2) is 11.6 Å². The fourth-order valence-electron chi connectivity index (χ4n) is 2.40. The van der Waals surface area contributed by atoms with Crippen molar-refractivity contribution in [2.75, 3.05) is 0 Å². The highest BCUT2D eigenvalue weighted by Crippen LogP contribution is 2.26. The van der Waals surface area contributed by atoms with Gasteiger partial charge in [0, 0.05) is 17.2 Å². The molecular weight excluding hydrogens is 370 g/mol. The quantitative estimate of drug-likeness (QED) is 0.576. The number of aromatic nitrogens is 4. The van der Waals surface area contributed by atoms with E-state index in [2.05, 4.69) is 20.3 Å². The number of nitrogens with one attached hydrogen (secondary N) is 1. The monoisotopic (exact) mass is 382 g/mol. The fraction of sp³-hybridized carbons (Fsp3) is 0.0526. The Morgan fingerprint density at radius 2 is 1.75 bits per heavy atom. The van der Waals surface area contributed by atoms with Crippen LogP contribution in [0.25, 0.3) is 23.0 Å². The number of aryl methyl sites for hydroxylation is 1. The molecular formula is C19H12F2N4O3. The van der Waals surface area contributed by atoms with Crippen LogP contribution in [0.15, 0.2) is 57.8 Å². The molecule has 4 rings (SSSR count). The summed E-state index contributed by atoms with van der Waals surface area (Å²) in [5.74, 6) is -0.844. The summed E-state index contributed by atoms with van der Waals surface area (Å²) in [4.78, 5) is 15.7. The zero-order chi connectivity index (χ0) is 19.7. The highest BCUT2D eigenvalue weighted by molar-refractivity contribution is 5.59. The van der Waals surface area contributed by atoms with E-state index in [0.29, 0.717) is 28.4 Å². The molecule has 0 amide bonds. The Hall–Kier alpha value is -3.88. The third-order valence-corrected chi connectivity index (χ3v) is 3.87.